The molecule has 0 aliphatic rings. The molecule has 162 valence electrons. The van der Waals surface area contributed by atoms with Gasteiger partial charge in [0, 0.05) is 0 Å². The molecule has 0 spiro atoms. The van der Waals surface area contributed by atoms with Crippen LogP contribution in [0.1, 0.15) is 46.2 Å². The summed E-state index contributed by atoms with van der Waals surface area (Å²) in [7, 11) is 4.37. The Balaban J connectivity index is 2.37. The molecule has 0 aliphatic heterocycles. The molecule has 0 saturated carbocycles. The van der Waals surface area contributed by atoms with Gasteiger partial charge in [0.1, 0.15) is 11.5 Å². The molecule has 8 heteroatoms. The molecule has 1 N–H and O–H groups in total. The number of aromatic nitrogens is 2. The van der Waals surface area contributed by atoms with Crippen LogP contribution >= 0.6 is 0 Å². The molecular weight excluding hydrogens is 400 g/mol. The highest BCUT2D eigenvalue weighted by molar-refractivity contribution is 5.91. The van der Waals surface area contributed by atoms with Crippen LogP contribution in [0.15, 0.2) is 42.5 Å². The molecule has 0 aliphatic carbocycles. The molecule has 8 nitrogen and oxygen atoms in total. The number of ether oxygens (including phenoxy) is 3. The van der Waals surface area contributed by atoms with Gasteiger partial charge in [-0.25, -0.2) is 14.3 Å². The van der Waals surface area contributed by atoms with E-state index in [-0.39, 0.29) is 17.2 Å². The van der Waals surface area contributed by atoms with Crippen molar-refractivity contribution in [2.45, 2.75) is 19.8 Å². The fourth-order valence-corrected chi connectivity index (χ4v) is 3.39. The normalized spacial score (nSPS) is 10.8. The lowest BCUT2D eigenvalue weighted by molar-refractivity contribution is 0.0592. The van der Waals surface area contributed by atoms with Gasteiger partial charge in [0.15, 0.2) is 5.69 Å². The summed E-state index contributed by atoms with van der Waals surface area (Å²) < 4.78 is 17.5. The monoisotopic (exact) mass is 424 g/mol. The number of carboxylic acids is 1. The van der Waals surface area contributed by atoms with Crippen molar-refractivity contribution in [1.82, 2.24) is 9.78 Å². The average molecular weight is 424 g/mol. The summed E-state index contributed by atoms with van der Waals surface area (Å²) >= 11 is 0. The molecule has 3 rings (SSSR count). The van der Waals surface area contributed by atoms with E-state index in [1.165, 1.54) is 13.2 Å². The quantitative estimate of drug-likeness (QED) is 0.568. The highest BCUT2D eigenvalue weighted by atomic mass is 16.5. The summed E-state index contributed by atoms with van der Waals surface area (Å²) in [4.78, 5) is 23.8. The number of esters is 1. The Hall–Kier alpha value is -3.81. The second-order valence-corrected chi connectivity index (χ2v) is 7.09. The van der Waals surface area contributed by atoms with Crippen LogP contribution in [-0.4, -0.2) is 48.2 Å². The zero-order valence-corrected chi connectivity index (χ0v) is 18.0. The topological polar surface area (TPSA) is 99.9 Å². The van der Waals surface area contributed by atoms with E-state index in [1.807, 2.05) is 13.8 Å². The number of rotatable bonds is 7. The van der Waals surface area contributed by atoms with Gasteiger partial charge in [-0.3, -0.25) is 0 Å². The Bertz CT molecular complexity index is 1110. The molecule has 0 amide bonds. The summed E-state index contributed by atoms with van der Waals surface area (Å²) in [5.41, 5.74) is 2.81. The minimum absolute atomic E-state index is 0.00695. The van der Waals surface area contributed by atoms with Gasteiger partial charge < -0.3 is 19.3 Å². The van der Waals surface area contributed by atoms with Crippen molar-refractivity contribution < 1.29 is 28.9 Å². The van der Waals surface area contributed by atoms with Crippen molar-refractivity contribution in [2.75, 3.05) is 21.3 Å². The third-order valence-electron chi connectivity index (χ3n) is 4.91. The lowest BCUT2D eigenvalue weighted by Gasteiger charge is -2.18. The smallest absolute Gasteiger partial charge is 0.358 e. The van der Waals surface area contributed by atoms with Crippen LogP contribution in [0, 0.1) is 0 Å². The Morgan fingerprint density at radius 2 is 1.65 bits per heavy atom. The van der Waals surface area contributed by atoms with Crippen molar-refractivity contribution in [2.24, 2.45) is 0 Å². The molecule has 0 unspecified atom stereocenters. The van der Waals surface area contributed by atoms with Crippen LogP contribution in [0.2, 0.25) is 0 Å². The molecule has 1 heterocycles. The van der Waals surface area contributed by atoms with E-state index < -0.39 is 11.9 Å². The van der Waals surface area contributed by atoms with Gasteiger partial charge in [-0.2, -0.15) is 5.10 Å². The van der Waals surface area contributed by atoms with E-state index in [1.54, 1.807) is 55.3 Å². The second-order valence-electron chi connectivity index (χ2n) is 7.09. The largest absolute Gasteiger partial charge is 0.496 e. The summed E-state index contributed by atoms with van der Waals surface area (Å²) in [6, 6.07) is 11.8. The lowest BCUT2D eigenvalue weighted by Crippen LogP contribution is -2.09. The van der Waals surface area contributed by atoms with E-state index >= 15 is 0 Å². The van der Waals surface area contributed by atoms with Crippen molar-refractivity contribution in [1.29, 1.82) is 0 Å². The number of aromatic carboxylic acids is 1. The number of hydrogen-bond donors (Lipinski definition) is 1. The number of nitrogens with zero attached hydrogens (tertiary/aromatic N) is 2. The zero-order valence-electron chi connectivity index (χ0n) is 18.0. The maximum Gasteiger partial charge on any atom is 0.358 e. The molecule has 1 aromatic heterocycles. The maximum absolute atomic E-state index is 12.3. The Kier molecular flexibility index (Phi) is 6.29. The highest BCUT2D eigenvalue weighted by Gasteiger charge is 2.24. The van der Waals surface area contributed by atoms with Crippen LogP contribution in [-0.2, 0) is 4.74 Å². The summed E-state index contributed by atoms with van der Waals surface area (Å²) in [6.07, 6.45) is 0. The molecular formula is C23H24N2O6. The van der Waals surface area contributed by atoms with Gasteiger partial charge in [0.05, 0.1) is 43.8 Å². The van der Waals surface area contributed by atoms with Gasteiger partial charge in [-0.1, -0.05) is 19.9 Å². The van der Waals surface area contributed by atoms with Crippen LogP contribution in [0.3, 0.4) is 0 Å². The minimum atomic E-state index is -1.02. The third kappa shape index (κ3) is 4.09. The first-order valence-electron chi connectivity index (χ1n) is 9.59. The number of carbonyl (C=O) groups is 2. The van der Waals surface area contributed by atoms with E-state index in [9.17, 15) is 14.7 Å². The van der Waals surface area contributed by atoms with Crippen molar-refractivity contribution >= 4 is 11.9 Å². The Morgan fingerprint density at radius 3 is 2.16 bits per heavy atom. The molecule has 31 heavy (non-hydrogen) atoms. The van der Waals surface area contributed by atoms with E-state index in [0.29, 0.717) is 28.4 Å². The minimum Gasteiger partial charge on any atom is -0.496 e. The number of carboxylic acid groups (broad SMARTS) is 1. The predicted molar refractivity (Wildman–Crippen MR) is 114 cm³/mol. The fourth-order valence-electron chi connectivity index (χ4n) is 3.39. The third-order valence-corrected chi connectivity index (χ3v) is 4.91. The molecule has 0 atom stereocenters. The molecule has 2 aromatic carbocycles. The standard InChI is InChI=1S/C23H24N2O6/c1-13(2)15-11-14(22(26)27)9-10-17(15)25-18(12-16(24-25)23(28)31-5)21-19(29-3)7-6-8-20(21)30-4/h6-13H,1-5H3,(H,26,27). The highest BCUT2D eigenvalue weighted by Crippen LogP contribution is 2.40. The number of methoxy groups -OCH3 is 3. The van der Waals surface area contributed by atoms with Gasteiger partial charge in [-0.15, -0.1) is 0 Å². The number of carbonyl (C=O) groups excluding carboxylic acids is 1. The molecule has 0 saturated heterocycles. The summed E-state index contributed by atoms with van der Waals surface area (Å²) in [6.45, 7) is 3.91. The van der Waals surface area contributed by atoms with Crippen molar-refractivity contribution in [3.8, 4) is 28.4 Å². The maximum atomic E-state index is 12.3. The van der Waals surface area contributed by atoms with E-state index in [0.717, 1.165) is 5.56 Å². The number of hydrogen-bond acceptors (Lipinski definition) is 6. The first-order chi connectivity index (χ1) is 14.8. The summed E-state index contributed by atoms with van der Waals surface area (Å²) in [5, 5.41) is 13.9. The van der Waals surface area contributed by atoms with E-state index in [2.05, 4.69) is 5.10 Å². The van der Waals surface area contributed by atoms with Gasteiger partial charge in [0.2, 0.25) is 0 Å². The van der Waals surface area contributed by atoms with Crippen molar-refractivity contribution in [3.05, 3.63) is 59.3 Å². The first-order valence-corrected chi connectivity index (χ1v) is 9.59. The zero-order chi connectivity index (χ0) is 22.7. The van der Waals surface area contributed by atoms with Crippen LogP contribution in [0.4, 0.5) is 0 Å². The van der Waals surface area contributed by atoms with Gasteiger partial charge >= 0.3 is 11.9 Å². The SMILES string of the molecule is COC(=O)c1cc(-c2c(OC)cccc2OC)n(-c2ccc(C(=O)O)cc2C(C)C)n1. The lowest BCUT2D eigenvalue weighted by atomic mass is 9.98. The van der Waals surface area contributed by atoms with E-state index in [4.69, 9.17) is 14.2 Å². The fraction of sp³-hybridized carbons (Fsp3) is 0.261. The number of benzene rings is 2. The second kappa shape index (κ2) is 8.91. The van der Waals surface area contributed by atoms with Gasteiger partial charge in [-0.05, 0) is 47.9 Å². The average Bonchev–Trinajstić information content (AvgIpc) is 3.22. The molecule has 0 radical (unpaired) electrons. The predicted octanol–water partition coefficient (Wildman–Crippen LogP) is 4.16. The van der Waals surface area contributed by atoms with Gasteiger partial charge in [0.25, 0.3) is 0 Å². The Morgan fingerprint density at radius 1 is 1.00 bits per heavy atom. The molecule has 3 aromatic rings. The van der Waals surface area contributed by atoms with Crippen LogP contribution in [0.5, 0.6) is 11.5 Å². The summed E-state index contributed by atoms with van der Waals surface area (Å²) in [5.74, 6) is -0.555. The molecule has 0 fully saturated rings. The van der Waals surface area contributed by atoms with Crippen LogP contribution in [0.25, 0.3) is 16.9 Å². The molecule has 0 bridgehead atoms. The van der Waals surface area contributed by atoms with Crippen molar-refractivity contribution in [3.63, 3.8) is 0 Å². The Labute approximate surface area is 180 Å². The van der Waals surface area contributed by atoms with Crippen LogP contribution < -0.4 is 9.47 Å². The first kappa shape index (κ1) is 21.9.